The number of amides is 1. The summed E-state index contributed by atoms with van der Waals surface area (Å²) < 4.78 is 29.8. The number of ether oxygens (including phenoxy) is 1. The van der Waals surface area contributed by atoms with Gasteiger partial charge in [0.1, 0.15) is 11.4 Å². The number of carbonyl (C=O) groups is 2. The predicted molar refractivity (Wildman–Crippen MR) is 180 cm³/mol. The van der Waals surface area contributed by atoms with Gasteiger partial charge in [0.05, 0.1) is 30.3 Å². The minimum absolute atomic E-state index is 0.0330. The molecule has 0 unspecified atom stereocenters. The molecule has 2 saturated carbocycles. The molecule has 14 heteroatoms. The van der Waals surface area contributed by atoms with Crippen molar-refractivity contribution in [1.29, 1.82) is 0 Å². The Morgan fingerprint density at radius 2 is 1.60 bits per heavy atom. The van der Waals surface area contributed by atoms with E-state index in [1.807, 2.05) is 65.8 Å². The summed E-state index contributed by atoms with van der Waals surface area (Å²) in [4.78, 5) is 34.1. The van der Waals surface area contributed by atoms with Gasteiger partial charge in [0.15, 0.2) is 11.6 Å². The van der Waals surface area contributed by atoms with E-state index in [9.17, 15) is 18.0 Å². The Kier molecular flexibility index (Phi) is 14.4. The first-order valence-electron chi connectivity index (χ1n) is 16.4. The van der Waals surface area contributed by atoms with Gasteiger partial charge in [-0.05, 0) is 74.9 Å². The Morgan fingerprint density at radius 1 is 0.936 bits per heavy atom. The van der Waals surface area contributed by atoms with E-state index in [4.69, 9.17) is 4.74 Å². The van der Waals surface area contributed by atoms with E-state index in [-0.39, 0.29) is 46.4 Å². The first kappa shape index (κ1) is 37.7. The molecule has 0 saturated heterocycles. The van der Waals surface area contributed by atoms with E-state index in [0.29, 0.717) is 0 Å². The largest absolute Gasteiger partial charge is 0.497 e. The van der Waals surface area contributed by atoms with Crippen molar-refractivity contribution in [1.82, 2.24) is 40.2 Å². The molecule has 0 spiro atoms. The molecular weight excluding hydrogens is 620 g/mol. The number of tetrazole rings is 1. The van der Waals surface area contributed by atoms with E-state index in [0.717, 1.165) is 55.8 Å². The molecule has 2 heterocycles. The van der Waals surface area contributed by atoms with Gasteiger partial charge in [-0.15, -0.1) is 15.0 Å². The summed E-state index contributed by atoms with van der Waals surface area (Å²) in [5, 5.41) is 15.1. The third-order valence-corrected chi connectivity index (χ3v) is 9.84. The Hall–Kier alpha value is -3.78. The molecule has 2 fully saturated rings. The molecule has 13 nitrogen and oxygen atoms in total. The summed E-state index contributed by atoms with van der Waals surface area (Å²) in [6, 6.07) is 7.15. The van der Waals surface area contributed by atoms with Crippen LogP contribution in [0.15, 0.2) is 42.9 Å². The predicted octanol–water partition coefficient (Wildman–Crippen LogP) is 4.65. The van der Waals surface area contributed by atoms with Gasteiger partial charge in [0.2, 0.25) is 10.0 Å². The van der Waals surface area contributed by atoms with Crippen LogP contribution < -0.4 is 14.8 Å². The molecule has 0 radical (unpaired) electrons. The first-order chi connectivity index (χ1) is 22.3. The molecule has 2 aliphatic rings. The number of ketones is 1. The smallest absolute Gasteiger partial charge is 0.272 e. The maximum atomic E-state index is 12.5. The normalized spacial score (nSPS) is 15.7. The van der Waals surface area contributed by atoms with Gasteiger partial charge < -0.3 is 10.1 Å². The van der Waals surface area contributed by atoms with Gasteiger partial charge in [0.25, 0.3) is 5.91 Å². The van der Waals surface area contributed by atoms with E-state index < -0.39 is 16.1 Å². The highest BCUT2D eigenvalue weighted by Gasteiger charge is 2.35. The van der Waals surface area contributed by atoms with Gasteiger partial charge in [-0.25, -0.2) is 18.1 Å². The van der Waals surface area contributed by atoms with E-state index in [1.54, 1.807) is 7.11 Å². The molecule has 3 aromatic rings. The third kappa shape index (κ3) is 12.1. The lowest BCUT2D eigenvalue weighted by molar-refractivity contribution is -0.125. The molecule has 2 N–H and O–H groups in total. The topological polar surface area (TPSA) is 171 Å². The SMILES string of the molecule is CC(C)C(=O)[C@@H](NC(=O)c1cnccn1)C1CCCCC1.CC(C)NS(=O)(=O)C1CC1.COc1ccc(-n2nnc(C(C)C)n2)cc1. The van der Waals surface area contributed by atoms with Crippen LogP contribution in [0.25, 0.3) is 5.69 Å². The van der Waals surface area contributed by atoms with Crippen LogP contribution in [-0.2, 0) is 14.8 Å². The molecule has 2 aromatic heterocycles. The van der Waals surface area contributed by atoms with Gasteiger partial charge in [-0.2, -0.15) is 0 Å². The second-order valence-electron chi connectivity index (χ2n) is 12.8. The van der Waals surface area contributed by atoms with Crippen LogP contribution in [-0.4, -0.2) is 74.7 Å². The lowest BCUT2D eigenvalue weighted by atomic mass is 9.80. The van der Waals surface area contributed by atoms with Gasteiger partial charge >= 0.3 is 0 Å². The fourth-order valence-corrected chi connectivity index (χ4v) is 6.57. The number of benzene rings is 1. The van der Waals surface area contributed by atoms with E-state index in [1.165, 1.54) is 29.8 Å². The number of hydrogen-bond donors (Lipinski definition) is 2. The summed E-state index contributed by atoms with van der Waals surface area (Å²) in [7, 11) is -1.30. The van der Waals surface area contributed by atoms with Crippen LogP contribution in [0.5, 0.6) is 5.75 Å². The average Bonchev–Trinajstić information content (AvgIpc) is 3.82. The highest BCUT2D eigenvalue weighted by atomic mass is 32.2. The van der Waals surface area contributed by atoms with Crippen molar-refractivity contribution in [2.45, 2.75) is 110 Å². The quantitative estimate of drug-likeness (QED) is 0.293. The molecule has 2 aliphatic carbocycles. The molecule has 1 amide bonds. The Balaban J connectivity index is 0.000000204. The Bertz CT molecular complexity index is 1500. The molecule has 258 valence electrons. The standard InChI is InChI=1S/C16H23N3O2.C11H14N4O.C6H13NO2S/c1-11(2)15(20)14(12-6-4-3-5-7-12)19-16(21)13-10-17-8-9-18-13;1-8(2)11-12-14-15(13-11)9-4-6-10(16-3)7-5-9;1-5(2)7-10(8,9)6-3-4-6/h8-12,14H,3-7H2,1-2H3,(H,19,21);4-8H,1-3H3;5-7H,3-4H2,1-2H3/t14-;;/m0../s1. The van der Waals surface area contributed by atoms with E-state index in [2.05, 4.69) is 35.4 Å². The molecule has 0 aliphatic heterocycles. The molecule has 5 rings (SSSR count). The fourth-order valence-electron chi connectivity index (χ4n) is 4.96. The Labute approximate surface area is 278 Å². The van der Waals surface area contributed by atoms with Crippen LogP contribution in [0, 0.1) is 11.8 Å². The molecule has 1 atom stereocenters. The van der Waals surface area contributed by atoms with Crippen molar-refractivity contribution in [3.63, 3.8) is 0 Å². The maximum absolute atomic E-state index is 12.5. The average molecular weight is 671 g/mol. The van der Waals surface area contributed by atoms with Crippen molar-refractivity contribution in [2.75, 3.05) is 7.11 Å². The number of sulfonamides is 1. The Morgan fingerprint density at radius 3 is 2.09 bits per heavy atom. The van der Waals surface area contributed by atoms with E-state index >= 15 is 0 Å². The minimum Gasteiger partial charge on any atom is -0.497 e. The van der Waals surface area contributed by atoms with Crippen LogP contribution in [0.3, 0.4) is 0 Å². The van der Waals surface area contributed by atoms with Crippen LogP contribution in [0.1, 0.15) is 109 Å². The number of carbonyl (C=O) groups excluding carboxylic acids is 2. The number of hydrogen-bond acceptors (Lipinski definition) is 10. The summed E-state index contributed by atoms with van der Waals surface area (Å²) in [6.45, 7) is 11.5. The highest BCUT2D eigenvalue weighted by Crippen LogP contribution is 2.28. The van der Waals surface area contributed by atoms with Crippen molar-refractivity contribution in [3.8, 4) is 11.4 Å². The highest BCUT2D eigenvalue weighted by molar-refractivity contribution is 7.90. The van der Waals surface area contributed by atoms with Gasteiger partial charge in [-0.1, -0.05) is 47.0 Å². The van der Waals surface area contributed by atoms with Crippen molar-refractivity contribution in [2.24, 2.45) is 11.8 Å². The number of nitrogens with one attached hydrogen (secondary N) is 2. The zero-order chi connectivity index (χ0) is 34.6. The number of nitrogens with zero attached hydrogens (tertiary/aromatic N) is 6. The summed E-state index contributed by atoms with van der Waals surface area (Å²) >= 11 is 0. The zero-order valence-corrected chi connectivity index (χ0v) is 29.4. The number of methoxy groups -OCH3 is 1. The zero-order valence-electron chi connectivity index (χ0n) is 28.6. The van der Waals surface area contributed by atoms with Crippen LogP contribution >= 0.6 is 0 Å². The lowest BCUT2D eigenvalue weighted by Crippen LogP contribution is -2.48. The lowest BCUT2D eigenvalue weighted by Gasteiger charge is -2.30. The van der Waals surface area contributed by atoms with Gasteiger partial charge in [-0.3, -0.25) is 14.6 Å². The van der Waals surface area contributed by atoms with Crippen molar-refractivity contribution in [3.05, 3.63) is 54.4 Å². The molecular formula is C33H50N8O5S. The molecule has 1 aromatic carbocycles. The van der Waals surface area contributed by atoms with Gasteiger partial charge in [0, 0.05) is 30.3 Å². The monoisotopic (exact) mass is 670 g/mol. The first-order valence-corrected chi connectivity index (χ1v) is 17.9. The van der Waals surface area contributed by atoms with Crippen molar-refractivity contribution < 1.29 is 22.7 Å². The summed E-state index contributed by atoms with van der Waals surface area (Å²) in [6.07, 6.45) is 11.6. The number of Topliss-reactive ketones (excluding diaryl/α,β-unsaturated/α-hetero) is 1. The van der Waals surface area contributed by atoms with Crippen LogP contribution in [0.2, 0.25) is 0 Å². The minimum atomic E-state index is -2.94. The second-order valence-corrected chi connectivity index (χ2v) is 14.8. The molecule has 0 bridgehead atoms. The summed E-state index contributed by atoms with van der Waals surface area (Å²) in [5.74, 6) is 1.80. The van der Waals surface area contributed by atoms with Crippen molar-refractivity contribution >= 4 is 21.7 Å². The summed E-state index contributed by atoms with van der Waals surface area (Å²) in [5.41, 5.74) is 1.13. The third-order valence-electron chi connectivity index (χ3n) is 7.69. The molecule has 47 heavy (non-hydrogen) atoms. The maximum Gasteiger partial charge on any atom is 0.272 e. The number of aromatic nitrogens is 6. The second kappa shape index (κ2) is 17.9. The fraction of sp³-hybridized carbons (Fsp3) is 0.606. The van der Waals surface area contributed by atoms with Crippen LogP contribution in [0.4, 0.5) is 0 Å². The number of rotatable bonds is 11.